The maximum atomic E-state index is 12.2. The van der Waals surface area contributed by atoms with Crippen molar-refractivity contribution < 1.29 is 9.90 Å². The molecule has 2 rings (SSSR count). The highest BCUT2D eigenvalue weighted by Gasteiger charge is 2.30. The highest BCUT2D eigenvalue weighted by atomic mass is 16.3. The minimum absolute atomic E-state index is 0.00740. The van der Waals surface area contributed by atoms with Gasteiger partial charge in [0.05, 0.1) is 0 Å². The molecule has 0 aliphatic carbocycles. The third-order valence-electron chi connectivity index (χ3n) is 4.29. The molecule has 0 saturated carbocycles. The fourth-order valence-electron chi connectivity index (χ4n) is 2.62. The van der Waals surface area contributed by atoms with Crippen molar-refractivity contribution in [2.24, 2.45) is 5.41 Å². The Hall–Kier alpha value is -2.40. The number of hydrogen-bond acceptors (Lipinski definition) is 3. The summed E-state index contributed by atoms with van der Waals surface area (Å²) >= 11 is 0. The molecule has 128 valence electrons. The van der Waals surface area contributed by atoms with Crippen molar-refractivity contribution >= 4 is 11.7 Å². The van der Waals surface area contributed by atoms with Gasteiger partial charge in [-0.05, 0) is 29.5 Å². The van der Waals surface area contributed by atoms with Crippen LogP contribution in [-0.4, -0.2) is 29.3 Å². The quantitative estimate of drug-likeness (QED) is 0.762. The second kappa shape index (κ2) is 7.93. The first-order chi connectivity index (χ1) is 11.4. The van der Waals surface area contributed by atoms with Crippen LogP contribution in [0.1, 0.15) is 30.9 Å². The number of aromatic nitrogens is 1. The molecule has 2 aromatic rings. The Morgan fingerprint density at radius 3 is 2.58 bits per heavy atom. The van der Waals surface area contributed by atoms with E-state index in [0.717, 1.165) is 16.8 Å². The van der Waals surface area contributed by atoms with E-state index in [0.29, 0.717) is 6.54 Å². The Kier molecular flexibility index (Phi) is 5.93. The van der Waals surface area contributed by atoms with Crippen LogP contribution in [-0.2, 0) is 0 Å². The zero-order valence-corrected chi connectivity index (χ0v) is 14.4. The van der Waals surface area contributed by atoms with Gasteiger partial charge < -0.3 is 15.7 Å². The monoisotopic (exact) mass is 327 g/mol. The van der Waals surface area contributed by atoms with Crippen LogP contribution in [0.25, 0.3) is 0 Å². The van der Waals surface area contributed by atoms with Gasteiger partial charge in [-0.25, -0.2) is 4.79 Å². The van der Waals surface area contributed by atoms with E-state index in [1.807, 2.05) is 51.1 Å². The summed E-state index contributed by atoms with van der Waals surface area (Å²) in [5.74, 6) is 0.00740. The predicted molar refractivity (Wildman–Crippen MR) is 96.0 cm³/mol. The lowest BCUT2D eigenvalue weighted by molar-refractivity contribution is 0.130. The number of hydrogen-bond donors (Lipinski definition) is 3. The summed E-state index contributed by atoms with van der Waals surface area (Å²) in [7, 11) is 0. The van der Waals surface area contributed by atoms with Gasteiger partial charge in [-0.1, -0.05) is 44.2 Å². The van der Waals surface area contributed by atoms with Crippen molar-refractivity contribution in [3.05, 3.63) is 59.9 Å². The SMILES string of the molecule is Cc1cnccc1NC(=O)NCC(c1ccccc1)C(C)(C)CO. The van der Waals surface area contributed by atoms with Crippen LogP contribution < -0.4 is 10.6 Å². The number of rotatable bonds is 6. The molecule has 1 unspecified atom stereocenters. The van der Waals surface area contributed by atoms with Gasteiger partial charge in [0.25, 0.3) is 0 Å². The predicted octanol–water partition coefficient (Wildman–Crippen LogP) is 3.31. The Morgan fingerprint density at radius 1 is 1.25 bits per heavy atom. The maximum Gasteiger partial charge on any atom is 0.319 e. The molecule has 0 aliphatic rings. The topological polar surface area (TPSA) is 74.2 Å². The number of benzene rings is 1. The number of carbonyl (C=O) groups excluding carboxylic acids is 1. The van der Waals surface area contributed by atoms with E-state index in [1.165, 1.54) is 0 Å². The largest absolute Gasteiger partial charge is 0.396 e. The van der Waals surface area contributed by atoms with Gasteiger partial charge in [0.15, 0.2) is 0 Å². The molecule has 1 aromatic heterocycles. The molecular formula is C19H25N3O2. The number of nitrogens with zero attached hydrogens (tertiary/aromatic N) is 1. The smallest absolute Gasteiger partial charge is 0.319 e. The van der Waals surface area contributed by atoms with E-state index in [2.05, 4.69) is 15.6 Å². The normalized spacial score (nSPS) is 12.5. The van der Waals surface area contributed by atoms with Gasteiger partial charge in [0.1, 0.15) is 0 Å². The van der Waals surface area contributed by atoms with Gasteiger partial charge in [-0.2, -0.15) is 0 Å². The molecule has 0 radical (unpaired) electrons. The van der Waals surface area contributed by atoms with Crippen molar-refractivity contribution in [2.45, 2.75) is 26.7 Å². The van der Waals surface area contributed by atoms with Crippen molar-refractivity contribution in [2.75, 3.05) is 18.5 Å². The number of pyridine rings is 1. The first kappa shape index (κ1) is 17.9. The Labute approximate surface area is 143 Å². The summed E-state index contributed by atoms with van der Waals surface area (Å²) in [5.41, 5.74) is 2.39. The summed E-state index contributed by atoms with van der Waals surface area (Å²) in [5, 5.41) is 15.5. The van der Waals surface area contributed by atoms with Crippen LogP contribution in [0.5, 0.6) is 0 Å². The third kappa shape index (κ3) is 4.55. The van der Waals surface area contributed by atoms with E-state index in [9.17, 15) is 9.90 Å². The van der Waals surface area contributed by atoms with Crippen LogP contribution in [0, 0.1) is 12.3 Å². The molecule has 0 saturated heterocycles. The molecule has 1 atom stereocenters. The first-order valence-electron chi connectivity index (χ1n) is 8.05. The fraction of sp³-hybridized carbons (Fsp3) is 0.368. The first-order valence-corrected chi connectivity index (χ1v) is 8.05. The number of aryl methyl sites for hydroxylation is 1. The number of nitrogens with one attached hydrogen (secondary N) is 2. The number of carbonyl (C=O) groups is 1. The van der Waals surface area contributed by atoms with E-state index < -0.39 is 0 Å². The fourth-order valence-corrected chi connectivity index (χ4v) is 2.62. The highest BCUT2D eigenvalue weighted by Crippen LogP contribution is 2.34. The zero-order chi connectivity index (χ0) is 17.6. The average molecular weight is 327 g/mol. The molecule has 5 heteroatoms. The number of aliphatic hydroxyl groups excluding tert-OH is 1. The molecule has 0 spiro atoms. The second-order valence-electron chi connectivity index (χ2n) is 6.64. The third-order valence-corrected chi connectivity index (χ3v) is 4.29. The van der Waals surface area contributed by atoms with E-state index >= 15 is 0 Å². The average Bonchev–Trinajstić information content (AvgIpc) is 2.58. The molecule has 3 N–H and O–H groups in total. The number of urea groups is 1. The zero-order valence-electron chi connectivity index (χ0n) is 14.4. The number of anilines is 1. The van der Waals surface area contributed by atoms with Gasteiger partial charge in [0.2, 0.25) is 0 Å². The lowest BCUT2D eigenvalue weighted by Gasteiger charge is -2.33. The molecule has 24 heavy (non-hydrogen) atoms. The number of amides is 2. The summed E-state index contributed by atoms with van der Waals surface area (Å²) in [6.45, 7) is 6.37. The van der Waals surface area contributed by atoms with Gasteiger partial charge in [0, 0.05) is 37.2 Å². The molecule has 0 aliphatic heterocycles. The van der Waals surface area contributed by atoms with Crippen molar-refractivity contribution in [3.8, 4) is 0 Å². The Bertz CT molecular complexity index is 671. The lowest BCUT2D eigenvalue weighted by atomic mass is 9.75. The number of aliphatic hydroxyl groups is 1. The Balaban J connectivity index is 2.05. The molecule has 1 heterocycles. The van der Waals surface area contributed by atoms with E-state index in [1.54, 1.807) is 18.5 Å². The van der Waals surface area contributed by atoms with Crippen molar-refractivity contribution in [3.63, 3.8) is 0 Å². The molecule has 0 fully saturated rings. The molecular weight excluding hydrogens is 302 g/mol. The van der Waals surface area contributed by atoms with Crippen LogP contribution >= 0.6 is 0 Å². The summed E-state index contributed by atoms with van der Waals surface area (Å²) in [6.07, 6.45) is 3.35. The second-order valence-corrected chi connectivity index (χ2v) is 6.64. The molecule has 5 nitrogen and oxygen atoms in total. The minimum Gasteiger partial charge on any atom is -0.396 e. The van der Waals surface area contributed by atoms with Gasteiger partial charge in [-0.3, -0.25) is 4.98 Å². The van der Waals surface area contributed by atoms with Gasteiger partial charge >= 0.3 is 6.03 Å². The Morgan fingerprint density at radius 2 is 1.96 bits per heavy atom. The molecule has 0 bridgehead atoms. The molecule has 2 amide bonds. The highest BCUT2D eigenvalue weighted by molar-refractivity contribution is 5.89. The van der Waals surface area contributed by atoms with E-state index in [-0.39, 0.29) is 24.0 Å². The van der Waals surface area contributed by atoms with Crippen molar-refractivity contribution in [1.29, 1.82) is 0 Å². The van der Waals surface area contributed by atoms with Gasteiger partial charge in [-0.15, -0.1) is 0 Å². The minimum atomic E-state index is -0.346. The maximum absolute atomic E-state index is 12.2. The summed E-state index contributed by atoms with van der Waals surface area (Å²) < 4.78 is 0. The standard InChI is InChI=1S/C19H25N3O2/c1-14-11-20-10-9-17(14)22-18(24)21-12-16(19(2,3)13-23)15-7-5-4-6-8-15/h4-11,16,23H,12-13H2,1-3H3,(H2,20,21,22,24). The van der Waals surface area contributed by atoms with E-state index in [4.69, 9.17) is 0 Å². The van der Waals surface area contributed by atoms with Crippen LogP contribution in [0.15, 0.2) is 48.8 Å². The van der Waals surface area contributed by atoms with Crippen LogP contribution in [0.4, 0.5) is 10.5 Å². The molecule has 1 aromatic carbocycles. The summed E-state index contributed by atoms with van der Waals surface area (Å²) in [6, 6.07) is 11.4. The van der Waals surface area contributed by atoms with Crippen LogP contribution in [0.2, 0.25) is 0 Å². The summed E-state index contributed by atoms with van der Waals surface area (Å²) in [4.78, 5) is 16.2. The lowest BCUT2D eigenvalue weighted by Crippen LogP contribution is -2.38. The van der Waals surface area contributed by atoms with Crippen LogP contribution in [0.3, 0.4) is 0 Å². The van der Waals surface area contributed by atoms with Crippen molar-refractivity contribution in [1.82, 2.24) is 10.3 Å².